The molecule has 2 aliphatic heterocycles. The highest BCUT2D eigenvalue weighted by molar-refractivity contribution is 7.11. The second kappa shape index (κ2) is 4.55. The molecule has 17 heavy (non-hydrogen) atoms. The Hall–Kier alpha value is -0.650. The quantitative estimate of drug-likeness (QED) is 0.873. The van der Waals surface area contributed by atoms with E-state index in [2.05, 4.69) is 10.3 Å². The molecule has 5 heteroatoms. The smallest absolute Gasteiger partial charge is 0.273 e. The van der Waals surface area contributed by atoms with Crippen LogP contribution in [0.2, 0.25) is 0 Å². The molecular weight excluding hydrogens is 236 g/mol. The van der Waals surface area contributed by atoms with Crippen molar-refractivity contribution in [3.05, 3.63) is 11.1 Å². The molecule has 0 radical (unpaired) electrons. The normalized spacial score (nSPS) is 27.5. The second-order valence-corrected chi connectivity index (χ2v) is 5.76. The molecule has 3 rings (SSSR count). The van der Waals surface area contributed by atoms with Gasteiger partial charge in [-0.05, 0) is 32.9 Å². The summed E-state index contributed by atoms with van der Waals surface area (Å²) in [6, 6.07) is 0. The summed E-state index contributed by atoms with van der Waals surface area (Å²) in [4.78, 5) is 4.34. The van der Waals surface area contributed by atoms with Crippen molar-refractivity contribution in [2.24, 2.45) is 0 Å². The molecule has 2 aliphatic rings. The third kappa shape index (κ3) is 2.46. The zero-order chi connectivity index (χ0) is 11.7. The van der Waals surface area contributed by atoms with Crippen molar-refractivity contribution in [2.75, 3.05) is 19.7 Å². The average Bonchev–Trinajstić information content (AvgIpc) is 2.89. The maximum Gasteiger partial charge on any atom is 0.273 e. The first-order valence-corrected chi connectivity index (χ1v) is 7.07. The summed E-state index contributed by atoms with van der Waals surface area (Å²) in [7, 11) is 0. The van der Waals surface area contributed by atoms with Gasteiger partial charge in [-0.1, -0.05) is 11.3 Å². The zero-order valence-electron chi connectivity index (χ0n) is 10.1. The van der Waals surface area contributed by atoms with Crippen LogP contribution in [-0.2, 0) is 4.74 Å². The molecule has 2 saturated heterocycles. The predicted molar refractivity (Wildman–Crippen MR) is 66.7 cm³/mol. The third-order valence-electron chi connectivity index (χ3n) is 3.56. The molecule has 1 aromatic rings. The van der Waals surface area contributed by atoms with E-state index >= 15 is 0 Å². The first-order valence-electron chi connectivity index (χ1n) is 6.19. The van der Waals surface area contributed by atoms with Crippen LogP contribution < -0.4 is 10.1 Å². The minimum absolute atomic E-state index is 0.0716. The Morgan fingerprint density at radius 1 is 1.53 bits per heavy atom. The number of thiazole rings is 1. The number of nitrogens with one attached hydrogen (secondary N) is 1. The van der Waals surface area contributed by atoms with E-state index in [0.29, 0.717) is 6.61 Å². The molecule has 0 bridgehead atoms. The molecule has 1 N–H and O–H groups in total. The van der Waals surface area contributed by atoms with E-state index in [1.54, 1.807) is 11.3 Å². The van der Waals surface area contributed by atoms with Crippen molar-refractivity contribution >= 4 is 11.3 Å². The van der Waals surface area contributed by atoms with Crippen LogP contribution in [0.15, 0.2) is 5.38 Å². The molecule has 3 heterocycles. The van der Waals surface area contributed by atoms with Crippen LogP contribution in [0.4, 0.5) is 0 Å². The van der Waals surface area contributed by atoms with Crippen molar-refractivity contribution in [2.45, 2.75) is 37.9 Å². The highest BCUT2D eigenvalue weighted by atomic mass is 32.1. The van der Waals surface area contributed by atoms with Gasteiger partial charge in [0, 0.05) is 11.8 Å². The highest BCUT2D eigenvalue weighted by Gasteiger charge is 2.42. The van der Waals surface area contributed by atoms with Crippen LogP contribution >= 0.6 is 11.3 Å². The van der Waals surface area contributed by atoms with Crippen molar-refractivity contribution in [1.29, 1.82) is 0 Å². The standard InChI is InChI=1S/C12H18N2O2S/c1-9-8-17-11(14-9)16-10-6-12(15-7-10)2-4-13-5-3-12/h8,10,13H,2-7H2,1H3. The molecule has 0 aromatic carbocycles. The van der Waals surface area contributed by atoms with Crippen LogP contribution in [0.3, 0.4) is 0 Å². The van der Waals surface area contributed by atoms with Crippen LogP contribution in [0.25, 0.3) is 0 Å². The molecule has 94 valence electrons. The fourth-order valence-corrected chi connectivity index (χ4v) is 3.35. The topological polar surface area (TPSA) is 43.4 Å². The Morgan fingerprint density at radius 3 is 3.06 bits per heavy atom. The monoisotopic (exact) mass is 254 g/mol. The van der Waals surface area contributed by atoms with Crippen molar-refractivity contribution in [3.8, 4) is 5.19 Å². The van der Waals surface area contributed by atoms with Crippen LogP contribution in [-0.4, -0.2) is 36.4 Å². The number of hydrogen-bond acceptors (Lipinski definition) is 5. The maximum atomic E-state index is 5.98. The number of hydrogen-bond donors (Lipinski definition) is 1. The lowest BCUT2D eigenvalue weighted by Crippen LogP contribution is -2.41. The van der Waals surface area contributed by atoms with E-state index in [1.165, 1.54) is 0 Å². The summed E-state index contributed by atoms with van der Waals surface area (Å²) in [6.45, 7) is 4.81. The number of ether oxygens (including phenoxy) is 2. The lowest BCUT2D eigenvalue weighted by Gasteiger charge is -2.32. The first kappa shape index (κ1) is 11.4. The Kier molecular flexibility index (Phi) is 3.06. The SMILES string of the molecule is Cc1csc(OC2COC3(CCNCC3)C2)n1. The Bertz CT molecular complexity index is 388. The number of nitrogens with zero attached hydrogens (tertiary/aromatic N) is 1. The van der Waals surface area contributed by atoms with Gasteiger partial charge in [-0.3, -0.25) is 0 Å². The van der Waals surface area contributed by atoms with E-state index in [-0.39, 0.29) is 11.7 Å². The zero-order valence-corrected chi connectivity index (χ0v) is 10.9. The molecule has 0 saturated carbocycles. The number of aromatic nitrogens is 1. The van der Waals surface area contributed by atoms with Gasteiger partial charge in [0.2, 0.25) is 0 Å². The maximum absolute atomic E-state index is 5.98. The Labute approximate surface area is 105 Å². The van der Waals surface area contributed by atoms with E-state index in [9.17, 15) is 0 Å². The van der Waals surface area contributed by atoms with Gasteiger partial charge in [0.25, 0.3) is 5.19 Å². The van der Waals surface area contributed by atoms with Gasteiger partial charge in [0.1, 0.15) is 6.10 Å². The van der Waals surface area contributed by atoms with Gasteiger partial charge in [-0.15, -0.1) is 0 Å². The average molecular weight is 254 g/mol. The van der Waals surface area contributed by atoms with Crippen LogP contribution in [0.1, 0.15) is 25.0 Å². The first-order chi connectivity index (χ1) is 8.26. The van der Waals surface area contributed by atoms with Gasteiger partial charge in [-0.25, -0.2) is 4.98 Å². The van der Waals surface area contributed by atoms with Gasteiger partial charge in [0.05, 0.1) is 17.9 Å². The minimum Gasteiger partial charge on any atom is -0.464 e. The predicted octanol–water partition coefficient (Wildman–Crippen LogP) is 1.74. The highest BCUT2D eigenvalue weighted by Crippen LogP contribution is 2.35. The van der Waals surface area contributed by atoms with Gasteiger partial charge in [0.15, 0.2) is 0 Å². The Balaban J connectivity index is 1.60. The van der Waals surface area contributed by atoms with Gasteiger partial charge < -0.3 is 14.8 Å². The summed E-state index contributed by atoms with van der Waals surface area (Å²) in [5, 5.41) is 6.17. The van der Waals surface area contributed by atoms with E-state index < -0.39 is 0 Å². The van der Waals surface area contributed by atoms with Gasteiger partial charge in [-0.2, -0.15) is 0 Å². The molecule has 1 aromatic heterocycles. The summed E-state index contributed by atoms with van der Waals surface area (Å²) in [6.07, 6.45) is 3.39. The van der Waals surface area contributed by atoms with E-state index in [0.717, 1.165) is 43.2 Å². The Morgan fingerprint density at radius 2 is 2.35 bits per heavy atom. The second-order valence-electron chi connectivity index (χ2n) is 4.94. The molecule has 0 aliphatic carbocycles. The lowest BCUT2D eigenvalue weighted by molar-refractivity contribution is -0.0205. The van der Waals surface area contributed by atoms with Crippen molar-refractivity contribution < 1.29 is 9.47 Å². The summed E-state index contributed by atoms with van der Waals surface area (Å²) in [5.41, 5.74) is 1.10. The lowest BCUT2D eigenvalue weighted by atomic mass is 9.89. The molecule has 0 amide bonds. The van der Waals surface area contributed by atoms with Crippen molar-refractivity contribution in [1.82, 2.24) is 10.3 Å². The molecule has 2 fully saturated rings. The van der Waals surface area contributed by atoms with Crippen LogP contribution in [0.5, 0.6) is 5.19 Å². The number of piperidine rings is 1. The number of aryl methyl sites for hydroxylation is 1. The fraction of sp³-hybridized carbons (Fsp3) is 0.750. The summed E-state index contributed by atoms with van der Waals surface area (Å²) < 4.78 is 11.9. The minimum atomic E-state index is 0.0716. The molecule has 1 unspecified atom stereocenters. The number of rotatable bonds is 2. The fourth-order valence-electron chi connectivity index (χ4n) is 2.64. The van der Waals surface area contributed by atoms with E-state index in [1.807, 2.05) is 12.3 Å². The third-order valence-corrected chi connectivity index (χ3v) is 4.40. The van der Waals surface area contributed by atoms with Crippen molar-refractivity contribution in [3.63, 3.8) is 0 Å². The summed E-state index contributed by atoms with van der Waals surface area (Å²) in [5.74, 6) is 0. The molecule has 1 spiro atoms. The van der Waals surface area contributed by atoms with Crippen LogP contribution in [0, 0.1) is 6.92 Å². The largest absolute Gasteiger partial charge is 0.464 e. The summed E-state index contributed by atoms with van der Waals surface area (Å²) >= 11 is 1.57. The molecule has 4 nitrogen and oxygen atoms in total. The van der Waals surface area contributed by atoms with Gasteiger partial charge >= 0.3 is 0 Å². The molecule has 1 atom stereocenters. The molecular formula is C12H18N2O2S. The van der Waals surface area contributed by atoms with E-state index in [4.69, 9.17) is 9.47 Å².